The SMILES string of the molecule is OC(c1cccnc1)c1ccccc1N1CCN(CC2CCCC2)CC1. The molecule has 2 aromatic rings. The van der Waals surface area contributed by atoms with E-state index in [-0.39, 0.29) is 0 Å². The average Bonchev–Trinajstić information content (AvgIpc) is 3.22. The summed E-state index contributed by atoms with van der Waals surface area (Å²) in [5, 5.41) is 10.9. The van der Waals surface area contributed by atoms with E-state index in [0.29, 0.717) is 0 Å². The van der Waals surface area contributed by atoms with E-state index in [4.69, 9.17) is 0 Å². The van der Waals surface area contributed by atoms with Gasteiger partial charge >= 0.3 is 0 Å². The van der Waals surface area contributed by atoms with E-state index >= 15 is 0 Å². The minimum atomic E-state index is -0.628. The van der Waals surface area contributed by atoms with Crippen LogP contribution in [-0.4, -0.2) is 47.7 Å². The van der Waals surface area contributed by atoms with Crippen LogP contribution >= 0.6 is 0 Å². The van der Waals surface area contributed by atoms with Crippen LogP contribution < -0.4 is 4.90 Å². The summed E-state index contributed by atoms with van der Waals surface area (Å²) in [6, 6.07) is 12.1. The van der Waals surface area contributed by atoms with Crippen molar-refractivity contribution in [1.29, 1.82) is 0 Å². The molecule has 1 saturated heterocycles. The van der Waals surface area contributed by atoms with Crippen LogP contribution in [0.3, 0.4) is 0 Å². The highest BCUT2D eigenvalue weighted by Gasteiger charge is 2.24. The maximum atomic E-state index is 10.9. The number of aromatic nitrogens is 1. The monoisotopic (exact) mass is 351 g/mol. The van der Waals surface area contributed by atoms with Crippen LogP contribution in [0.25, 0.3) is 0 Å². The zero-order chi connectivity index (χ0) is 17.8. The first-order chi connectivity index (χ1) is 12.8. The summed E-state index contributed by atoms with van der Waals surface area (Å²) >= 11 is 0. The maximum Gasteiger partial charge on any atom is 0.108 e. The van der Waals surface area contributed by atoms with Gasteiger partial charge in [-0.2, -0.15) is 0 Å². The molecule has 1 aromatic heterocycles. The molecule has 26 heavy (non-hydrogen) atoms. The van der Waals surface area contributed by atoms with Crippen molar-refractivity contribution in [3.05, 3.63) is 59.9 Å². The summed E-state index contributed by atoms with van der Waals surface area (Å²) in [5.41, 5.74) is 2.98. The Morgan fingerprint density at radius 1 is 1.00 bits per heavy atom. The van der Waals surface area contributed by atoms with Crippen LogP contribution in [0.2, 0.25) is 0 Å². The fourth-order valence-electron chi connectivity index (χ4n) is 4.45. The number of nitrogens with zero attached hydrogens (tertiary/aromatic N) is 3. The van der Waals surface area contributed by atoms with Crippen LogP contribution in [-0.2, 0) is 0 Å². The fourth-order valence-corrected chi connectivity index (χ4v) is 4.45. The molecule has 0 amide bonds. The molecule has 1 aromatic carbocycles. The second kappa shape index (κ2) is 8.19. The lowest BCUT2D eigenvalue weighted by Gasteiger charge is -2.38. The first kappa shape index (κ1) is 17.5. The van der Waals surface area contributed by atoms with Gasteiger partial charge in [0.2, 0.25) is 0 Å². The molecule has 4 rings (SSSR count). The van der Waals surface area contributed by atoms with Crippen LogP contribution in [0.4, 0.5) is 5.69 Å². The van der Waals surface area contributed by atoms with E-state index in [1.165, 1.54) is 32.2 Å². The van der Waals surface area contributed by atoms with Crippen LogP contribution in [0.15, 0.2) is 48.8 Å². The van der Waals surface area contributed by atoms with Crippen molar-refractivity contribution < 1.29 is 5.11 Å². The highest BCUT2D eigenvalue weighted by molar-refractivity contribution is 5.56. The van der Waals surface area contributed by atoms with E-state index in [0.717, 1.165) is 48.9 Å². The first-order valence-corrected chi connectivity index (χ1v) is 9.95. The molecule has 4 heteroatoms. The van der Waals surface area contributed by atoms with Gasteiger partial charge in [0.15, 0.2) is 0 Å². The van der Waals surface area contributed by atoms with E-state index in [9.17, 15) is 5.11 Å². The van der Waals surface area contributed by atoms with Crippen LogP contribution in [0, 0.1) is 5.92 Å². The molecule has 1 aliphatic heterocycles. The Morgan fingerprint density at radius 2 is 1.77 bits per heavy atom. The summed E-state index contributed by atoms with van der Waals surface area (Å²) in [4.78, 5) is 9.21. The number of pyridine rings is 1. The molecule has 4 nitrogen and oxygen atoms in total. The van der Waals surface area contributed by atoms with Crippen molar-refractivity contribution in [2.24, 2.45) is 5.92 Å². The van der Waals surface area contributed by atoms with Gasteiger partial charge in [0, 0.05) is 61.9 Å². The Balaban J connectivity index is 1.44. The molecule has 0 spiro atoms. The summed E-state index contributed by atoms with van der Waals surface area (Å²) < 4.78 is 0. The molecule has 138 valence electrons. The summed E-state index contributed by atoms with van der Waals surface area (Å²) in [5.74, 6) is 0.918. The third-order valence-corrected chi connectivity index (χ3v) is 5.94. The standard InChI is InChI=1S/C22H29N3O/c26-22(19-8-5-11-23-16-19)20-9-3-4-10-21(20)25-14-12-24(13-15-25)17-18-6-1-2-7-18/h3-5,8-11,16,18,22,26H,1-2,6-7,12-15,17H2. The molecular weight excluding hydrogens is 322 g/mol. The van der Waals surface area contributed by atoms with Crippen molar-refractivity contribution in [1.82, 2.24) is 9.88 Å². The summed E-state index contributed by atoms with van der Waals surface area (Å²) in [6.07, 6.45) is 8.54. The quantitative estimate of drug-likeness (QED) is 0.895. The molecule has 1 atom stereocenters. The van der Waals surface area contributed by atoms with Gasteiger partial charge in [-0.1, -0.05) is 37.1 Å². The Hall–Kier alpha value is -1.91. The number of benzene rings is 1. The lowest BCUT2D eigenvalue weighted by Crippen LogP contribution is -2.48. The Bertz CT molecular complexity index is 692. The predicted octanol–water partition coefficient (Wildman–Crippen LogP) is 3.48. The van der Waals surface area contributed by atoms with Gasteiger partial charge in [-0.3, -0.25) is 9.88 Å². The number of piperazine rings is 1. The Labute approximate surface area is 156 Å². The van der Waals surface area contributed by atoms with Gasteiger partial charge in [0.25, 0.3) is 0 Å². The zero-order valence-corrected chi connectivity index (χ0v) is 15.4. The first-order valence-electron chi connectivity index (χ1n) is 9.95. The van der Waals surface area contributed by atoms with E-state index in [1.807, 2.05) is 24.3 Å². The van der Waals surface area contributed by atoms with Gasteiger partial charge in [-0.25, -0.2) is 0 Å². The molecular formula is C22H29N3O. The van der Waals surface area contributed by atoms with Gasteiger partial charge < -0.3 is 10.0 Å². The smallest absolute Gasteiger partial charge is 0.108 e. The molecule has 2 fully saturated rings. The van der Waals surface area contributed by atoms with Crippen LogP contribution in [0.5, 0.6) is 0 Å². The van der Waals surface area contributed by atoms with Crippen molar-refractivity contribution in [3.8, 4) is 0 Å². The second-order valence-electron chi connectivity index (χ2n) is 7.69. The molecule has 1 N–H and O–H groups in total. The van der Waals surface area contributed by atoms with Gasteiger partial charge in [0.1, 0.15) is 6.10 Å². The molecule has 2 aliphatic rings. The Kier molecular flexibility index (Phi) is 5.51. The number of para-hydroxylation sites is 1. The number of hydrogen-bond acceptors (Lipinski definition) is 4. The lowest BCUT2D eigenvalue weighted by atomic mass is 10.00. The second-order valence-corrected chi connectivity index (χ2v) is 7.69. The number of hydrogen-bond donors (Lipinski definition) is 1. The third-order valence-electron chi connectivity index (χ3n) is 5.94. The van der Waals surface area contributed by atoms with Crippen molar-refractivity contribution in [2.75, 3.05) is 37.6 Å². The summed E-state index contributed by atoms with van der Waals surface area (Å²) in [7, 11) is 0. The van der Waals surface area contributed by atoms with Gasteiger partial charge in [-0.15, -0.1) is 0 Å². The number of aliphatic hydroxyl groups excluding tert-OH is 1. The Morgan fingerprint density at radius 3 is 2.50 bits per heavy atom. The van der Waals surface area contributed by atoms with Gasteiger partial charge in [-0.05, 0) is 30.9 Å². The average molecular weight is 351 g/mol. The molecule has 1 saturated carbocycles. The van der Waals surface area contributed by atoms with E-state index < -0.39 is 6.10 Å². The van der Waals surface area contributed by atoms with Crippen molar-refractivity contribution in [2.45, 2.75) is 31.8 Å². The summed E-state index contributed by atoms with van der Waals surface area (Å²) in [6.45, 7) is 5.57. The third kappa shape index (κ3) is 3.92. The van der Waals surface area contributed by atoms with Crippen molar-refractivity contribution in [3.63, 3.8) is 0 Å². The topological polar surface area (TPSA) is 39.6 Å². The minimum Gasteiger partial charge on any atom is -0.384 e. The number of aliphatic hydroxyl groups is 1. The minimum absolute atomic E-state index is 0.628. The number of anilines is 1. The molecule has 1 aliphatic carbocycles. The fraction of sp³-hybridized carbons (Fsp3) is 0.500. The van der Waals surface area contributed by atoms with E-state index in [1.54, 1.807) is 12.4 Å². The highest BCUT2D eigenvalue weighted by Crippen LogP contribution is 2.31. The van der Waals surface area contributed by atoms with Gasteiger partial charge in [0.05, 0.1) is 0 Å². The normalized spacial score (nSPS) is 20.4. The largest absolute Gasteiger partial charge is 0.384 e. The molecule has 2 heterocycles. The van der Waals surface area contributed by atoms with E-state index in [2.05, 4.69) is 26.9 Å². The zero-order valence-electron chi connectivity index (χ0n) is 15.4. The molecule has 1 unspecified atom stereocenters. The van der Waals surface area contributed by atoms with Crippen LogP contribution in [0.1, 0.15) is 42.9 Å². The lowest BCUT2D eigenvalue weighted by molar-refractivity contribution is 0.213. The number of rotatable bonds is 5. The maximum absolute atomic E-state index is 10.9. The highest BCUT2D eigenvalue weighted by atomic mass is 16.3. The molecule has 0 radical (unpaired) electrons. The molecule has 0 bridgehead atoms. The predicted molar refractivity (Wildman–Crippen MR) is 105 cm³/mol. The van der Waals surface area contributed by atoms with Crippen molar-refractivity contribution >= 4 is 5.69 Å².